The normalized spacial score (nSPS) is 12.3. The lowest BCUT2D eigenvalue weighted by Crippen LogP contribution is -2.30. The second-order valence-corrected chi connectivity index (χ2v) is 8.64. The largest absolute Gasteiger partial charge is 0.449 e. The Hall–Kier alpha value is -3.04. The lowest BCUT2D eigenvalue weighted by Gasteiger charge is -2.15. The number of benzene rings is 2. The van der Waals surface area contributed by atoms with Crippen molar-refractivity contribution in [2.45, 2.75) is 24.8 Å². The van der Waals surface area contributed by atoms with E-state index < -0.39 is 28.0 Å². The van der Waals surface area contributed by atoms with Gasteiger partial charge in [0.2, 0.25) is 10.0 Å². The van der Waals surface area contributed by atoms with E-state index >= 15 is 0 Å². The molecule has 0 bridgehead atoms. The molecule has 1 N–H and O–H groups in total. The number of amides is 1. The number of sulfonamides is 1. The van der Waals surface area contributed by atoms with Crippen molar-refractivity contribution >= 4 is 33.4 Å². The van der Waals surface area contributed by atoms with E-state index in [0.29, 0.717) is 11.3 Å². The summed E-state index contributed by atoms with van der Waals surface area (Å²) in [6.45, 7) is 2.84. The van der Waals surface area contributed by atoms with Gasteiger partial charge in [0.25, 0.3) is 5.91 Å². The van der Waals surface area contributed by atoms with Crippen molar-refractivity contribution in [3.05, 3.63) is 59.7 Å². The highest BCUT2D eigenvalue weighted by Crippen LogP contribution is 2.16. The average Bonchev–Trinajstić information content (AvgIpc) is 2.68. The molecule has 0 saturated carbocycles. The van der Waals surface area contributed by atoms with Gasteiger partial charge in [-0.3, -0.25) is 9.59 Å². The lowest BCUT2D eigenvalue weighted by molar-refractivity contribution is -0.123. The van der Waals surface area contributed by atoms with Crippen molar-refractivity contribution in [3.63, 3.8) is 0 Å². The third-order valence-corrected chi connectivity index (χ3v) is 5.87. The minimum Gasteiger partial charge on any atom is -0.449 e. The molecule has 0 saturated heterocycles. The molecular weight excluding hydrogens is 396 g/mol. The SMILES string of the molecule is CC(=O)c1ccc(NC(=O)[C@@H](C)OC(=O)c2cccc(S(=O)(=O)N(C)C)c2)cc1. The number of carbonyl (C=O) groups is 3. The third-order valence-electron chi connectivity index (χ3n) is 4.06. The highest BCUT2D eigenvalue weighted by Gasteiger charge is 2.22. The molecule has 0 aromatic heterocycles. The number of Topliss-reactive ketones (excluding diaryl/α,β-unsaturated/α-hetero) is 1. The van der Waals surface area contributed by atoms with Gasteiger partial charge in [0.05, 0.1) is 10.5 Å². The number of hydrogen-bond donors (Lipinski definition) is 1. The number of hydrogen-bond acceptors (Lipinski definition) is 6. The van der Waals surface area contributed by atoms with Crippen LogP contribution in [0, 0.1) is 0 Å². The molecule has 2 rings (SSSR count). The molecule has 1 amide bonds. The van der Waals surface area contributed by atoms with E-state index in [1.807, 2.05) is 0 Å². The van der Waals surface area contributed by atoms with Crippen LogP contribution >= 0.6 is 0 Å². The highest BCUT2D eigenvalue weighted by atomic mass is 32.2. The average molecular weight is 418 g/mol. The van der Waals surface area contributed by atoms with E-state index in [-0.39, 0.29) is 16.2 Å². The number of rotatable bonds is 7. The Morgan fingerprint density at radius 3 is 2.17 bits per heavy atom. The summed E-state index contributed by atoms with van der Waals surface area (Å²) in [7, 11) is -0.937. The summed E-state index contributed by atoms with van der Waals surface area (Å²) in [5, 5.41) is 2.59. The minimum atomic E-state index is -3.71. The molecule has 0 aliphatic heterocycles. The number of ketones is 1. The first-order chi connectivity index (χ1) is 13.5. The van der Waals surface area contributed by atoms with Crippen LogP contribution in [0.25, 0.3) is 0 Å². The monoisotopic (exact) mass is 418 g/mol. The van der Waals surface area contributed by atoms with Crippen LogP contribution in [0.4, 0.5) is 5.69 Å². The van der Waals surface area contributed by atoms with E-state index in [0.717, 1.165) is 4.31 Å². The second kappa shape index (κ2) is 8.97. The number of nitrogens with one attached hydrogen (secondary N) is 1. The number of esters is 1. The number of anilines is 1. The second-order valence-electron chi connectivity index (χ2n) is 6.49. The Morgan fingerprint density at radius 2 is 1.62 bits per heavy atom. The summed E-state index contributed by atoms with van der Waals surface area (Å²) >= 11 is 0. The summed E-state index contributed by atoms with van der Waals surface area (Å²) in [6, 6.07) is 11.7. The molecule has 0 heterocycles. The van der Waals surface area contributed by atoms with Gasteiger partial charge >= 0.3 is 5.97 Å². The molecular formula is C20H22N2O6S. The van der Waals surface area contributed by atoms with E-state index in [4.69, 9.17) is 4.74 Å². The fourth-order valence-corrected chi connectivity index (χ4v) is 3.26. The van der Waals surface area contributed by atoms with E-state index in [2.05, 4.69) is 5.32 Å². The minimum absolute atomic E-state index is 0.0124. The van der Waals surface area contributed by atoms with E-state index in [1.54, 1.807) is 24.3 Å². The third kappa shape index (κ3) is 5.49. The molecule has 0 spiro atoms. The first-order valence-corrected chi connectivity index (χ1v) is 10.1. The van der Waals surface area contributed by atoms with Crippen LogP contribution in [0.15, 0.2) is 53.4 Å². The number of ether oxygens (including phenoxy) is 1. The molecule has 9 heteroatoms. The zero-order valence-electron chi connectivity index (χ0n) is 16.5. The van der Waals surface area contributed by atoms with Crippen LogP contribution in [0.1, 0.15) is 34.6 Å². The van der Waals surface area contributed by atoms with Gasteiger partial charge in [0.1, 0.15) is 0 Å². The van der Waals surface area contributed by atoms with Crippen molar-refractivity contribution < 1.29 is 27.5 Å². The van der Waals surface area contributed by atoms with Gasteiger partial charge in [-0.25, -0.2) is 17.5 Å². The Morgan fingerprint density at radius 1 is 1.00 bits per heavy atom. The van der Waals surface area contributed by atoms with Gasteiger partial charge in [-0.1, -0.05) is 6.07 Å². The Labute approximate surface area is 169 Å². The van der Waals surface area contributed by atoms with E-state index in [1.165, 1.54) is 52.2 Å². The molecule has 0 aliphatic rings. The predicted octanol–water partition coefficient (Wildman–Crippen LogP) is 2.32. The van der Waals surface area contributed by atoms with Gasteiger partial charge in [0, 0.05) is 25.3 Å². The Kier molecular flexibility index (Phi) is 6.89. The molecule has 0 fully saturated rings. The van der Waals surface area contributed by atoms with Crippen molar-refractivity contribution in [1.29, 1.82) is 0 Å². The fourth-order valence-electron chi connectivity index (χ4n) is 2.31. The Balaban J connectivity index is 2.06. The maximum atomic E-state index is 12.3. The van der Waals surface area contributed by atoms with Gasteiger partial charge in [-0.15, -0.1) is 0 Å². The highest BCUT2D eigenvalue weighted by molar-refractivity contribution is 7.89. The first-order valence-electron chi connectivity index (χ1n) is 8.68. The summed E-state index contributed by atoms with van der Waals surface area (Å²) < 4.78 is 30.6. The summed E-state index contributed by atoms with van der Waals surface area (Å²) in [5.74, 6) is -1.48. The van der Waals surface area contributed by atoms with Crippen molar-refractivity contribution in [2.75, 3.05) is 19.4 Å². The zero-order valence-corrected chi connectivity index (χ0v) is 17.3. The molecule has 1 atom stereocenters. The maximum Gasteiger partial charge on any atom is 0.338 e. The van der Waals surface area contributed by atoms with Crippen molar-refractivity contribution in [1.82, 2.24) is 4.31 Å². The van der Waals surface area contributed by atoms with Gasteiger partial charge in [0.15, 0.2) is 11.9 Å². The maximum absolute atomic E-state index is 12.3. The summed E-state index contributed by atoms with van der Waals surface area (Å²) in [5.41, 5.74) is 0.968. The topological polar surface area (TPSA) is 110 Å². The molecule has 8 nitrogen and oxygen atoms in total. The molecule has 2 aromatic rings. The first kappa shape index (κ1) is 22.3. The fraction of sp³-hybridized carbons (Fsp3) is 0.250. The quantitative estimate of drug-likeness (QED) is 0.546. The smallest absolute Gasteiger partial charge is 0.338 e. The van der Waals surface area contributed by atoms with Crippen LogP contribution in [0.2, 0.25) is 0 Å². The van der Waals surface area contributed by atoms with Crippen LogP contribution in [0.5, 0.6) is 0 Å². The number of carbonyl (C=O) groups excluding carboxylic acids is 3. The van der Waals surface area contributed by atoms with Crippen molar-refractivity contribution in [2.24, 2.45) is 0 Å². The van der Waals surface area contributed by atoms with Crippen LogP contribution in [-0.4, -0.2) is 50.6 Å². The van der Waals surface area contributed by atoms with E-state index in [9.17, 15) is 22.8 Å². The van der Waals surface area contributed by atoms with Crippen LogP contribution in [-0.2, 0) is 19.6 Å². The Bertz CT molecular complexity index is 1030. The predicted molar refractivity (Wildman–Crippen MR) is 107 cm³/mol. The molecule has 0 aliphatic carbocycles. The molecule has 154 valence electrons. The standard InChI is InChI=1S/C20H22N2O6S/c1-13(23)15-8-10-17(11-9-15)21-19(24)14(2)28-20(25)16-6-5-7-18(12-16)29(26,27)22(3)4/h5-12,14H,1-4H3,(H,21,24)/t14-/m1/s1. The van der Waals surface area contributed by atoms with Gasteiger partial charge in [-0.2, -0.15) is 0 Å². The summed E-state index contributed by atoms with van der Waals surface area (Å²) in [6.07, 6.45) is -1.12. The van der Waals surface area contributed by atoms with Crippen LogP contribution in [0.3, 0.4) is 0 Å². The van der Waals surface area contributed by atoms with Gasteiger partial charge < -0.3 is 10.1 Å². The van der Waals surface area contributed by atoms with Gasteiger partial charge in [-0.05, 0) is 56.3 Å². The van der Waals surface area contributed by atoms with Crippen molar-refractivity contribution in [3.8, 4) is 0 Å². The lowest BCUT2D eigenvalue weighted by atomic mass is 10.1. The molecule has 0 unspecified atom stereocenters. The zero-order chi connectivity index (χ0) is 21.8. The molecule has 0 radical (unpaired) electrons. The van der Waals surface area contributed by atoms with Crippen LogP contribution < -0.4 is 5.32 Å². The molecule has 29 heavy (non-hydrogen) atoms. The molecule has 2 aromatic carbocycles. The number of nitrogens with zero attached hydrogens (tertiary/aromatic N) is 1. The summed E-state index contributed by atoms with van der Waals surface area (Å²) in [4.78, 5) is 35.8.